The Morgan fingerprint density at radius 1 is 1.00 bits per heavy atom. The molecular formula is C29H28ClF8N7O6. The summed E-state index contributed by atoms with van der Waals surface area (Å²) in [4.78, 5) is 44.2. The number of halogens is 9. The number of aryl methyl sites for hydroxylation is 1. The first kappa shape index (κ1) is 41.8. The molecule has 0 saturated heterocycles. The van der Waals surface area contributed by atoms with Crippen LogP contribution in [0.4, 0.5) is 40.9 Å². The van der Waals surface area contributed by atoms with Crippen molar-refractivity contribution in [2.45, 2.75) is 45.6 Å². The number of amides is 1. The first-order chi connectivity index (χ1) is 23.4. The van der Waals surface area contributed by atoms with Gasteiger partial charge in [0.15, 0.2) is 5.65 Å². The Morgan fingerprint density at radius 2 is 1.55 bits per heavy atom. The highest BCUT2D eigenvalue weighted by Gasteiger charge is 2.39. The van der Waals surface area contributed by atoms with E-state index in [2.05, 4.69) is 20.1 Å². The number of alkyl halides is 8. The van der Waals surface area contributed by atoms with Gasteiger partial charge >= 0.3 is 24.3 Å². The van der Waals surface area contributed by atoms with E-state index < -0.39 is 43.4 Å². The zero-order valence-corrected chi connectivity index (χ0v) is 27.7. The van der Waals surface area contributed by atoms with Gasteiger partial charge in [0, 0.05) is 42.0 Å². The van der Waals surface area contributed by atoms with E-state index in [1.807, 2.05) is 6.92 Å². The summed E-state index contributed by atoms with van der Waals surface area (Å²) in [7, 11) is 3.25. The van der Waals surface area contributed by atoms with Crippen molar-refractivity contribution in [3.8, 4) is 16.9 Å². The molecule has 4 rings (SSSR count). The lowest BCUT2D eigenvalue weighted by molar-refractivity contribution is -0.193. The van der Waals surface area contributed by atoms with Gasteiger partial charge in [-0.1, -0.05) is 17.7 Å². The molecule has 1 unspecified atom stereocenters. The van der Waals surface area contributed by atoms with Gasteiger partial charge in [0.2, 0.25) is 0 Å². The molecule has 22 heteroatoms. The molecule has 0 fully saturated rings. The molecule has 4 N–H and O–H groups in total. The predicted molar refractivity (Wildman–Crippen MR) is 165 cm³/mol. The third kappa shape index (κ3) is 10.6. The van der Waals surface area contributed by atoms with Crippen LogP contribution < -0.4 is 10.5 Å². The fraction of sp³-hybridized carbons (Fsp3) is 0.345. The van der Waals surface area contributed by atoms with E-state index in [-0.39, 0.29) is 23.2 Å². The number of carboxylic acid groups (broad SMARTS) is 2. The summed E-state index contributed by atoms with van der Waals surface area (Å²) in [5, 5.41) is 19.9. The summed E-state index contributed by atoms with van der Waals surface area (Å²) in [6.07, 6.45) is -10.0. The average Bonchev–Trinajstić information content (AvgIpc) is 3.37. The number of nitrogen functional groups attached to an aromatic ring is 1. The smallest absolute Gasteiger partial charge is 0.487 e. The van der Waals surface area contributed by atoms with Crippen molar-refractivity contribution >= 4 is 46.3 Å². The van der Waals surface area contributed by atoms with E-state index in [0.717, 1.165) is 0 Å². The fourth-order valence-electron chi connectivity index (χ4n) is 4.17. The average molecular weight is 758 g/mol. The summed E-state index contributed by atoms with van der Waals surface area (Å²) in [5.74, 6) is -5.28. The standard InChI is InChI=1S/C25H26ClF2N7O2.2C2HF3O2/c1-12-17(26)8-16(14(3)35-24-21(13(2)33-35)23(29)31-11-32-24)22(37-10-19(27)28)20(12)15-6-7-18(30-9-15)25(36)34(4)5;2*3-2(4,5)1(6)7/h6-9,11,14,19H,10H2,1-5H3,(H2,29,31,32);2*(H,6,7). The van der Waals surface area contributed by atoms with Crippen molar-refractivity contribution in [3.05, 3.63) is 58.3 Å². The zero-order valence-electron chi connectivity index (χ0n) is 26.9. The highest BCUT2D eigenvalue weighted by Crippen LogP contribution is 2.44. The van der Waals surface area contributed by atoms with Gasteiger partial charge in [-0.3, -0.25) is 9.78 Å². The van der Waals surface area contributed by atoms with E-state index in [4.69, 9.17) is 41.9 Å². The number of hydrogen-bond donors (Lipinski definition) is 3. The second-order valence-corrected chi connectivity index (χ2v) is 10.8. The minimum absolute atomic E-state index is 0.214. The number of carboxylic acids is 2. The van der Waals surface area contributed by atoms with E-state index >= 15 is 0 Å². The van der Waals surface area contributed by atoms with Crippen LogP contribution >= 0.6 is 11.6 Å². The summed E-state index contributed by atoms with van der Waals surface area (Å²) in [6.45, 7) is 4.56. The number of aliphatic carboxylic acids is 2. The van der Waals surface area contributed by atoms with Crippen LogP contribution in [0.15, 0.2) is 30.7 Å². The van der Waals surface area contributed by atoms with E-state index in [1.54, 1.807) is 50.8 Å². The van der Waals surface area contributed by atoms with Gasteiger partial charge in [-0.2, -0.15) is 31.4 Å². The van der Waals surface area contributed by atoms with Gasteiger partial charge in [0.25, 0.3) is 12.3 Å². The van der Waals surface area contributed by atoms with Crippen molar-refractivity contribution in [1.29, 1.82) is 0 Å². The van der Waals surface area contributed by atoms with Crippen LogP contribution in [0.1, 0.15) is 40.3 Å². The maximum absolute atomic E-state index is 13.3. The topological polar surface area (TPSA) is 187 Å². The first-order valence-electron chi connectivity index (χ1n) is 13.9. The van der Waals surface area contributed by atoms with Gasteiger partial charge in [0.05, 0.1) is 17.1 Å². The number of anilines is 1. The summed E-state index contributed by atoms with van der Waals surface area (Å²) in [5.41, 5.74) is 9.59. The number of nitrogens with two attached hydrogens (primary N) is 1. The lowest BCUT2D eigenvalue weighted by Crippen LogP contribution is -2.22. The highest BCUT2D eigenvalue weighted by molar-refractivity contribution is 6.32. The zero-order chi connectivity index (χ0) is 39.2. The van der Waals surface area contributed by atoms with Crippen molar-refractivity contribution in [2.24, 2.45) is 0 Å². The molecule has 0 aliphatic carbocycles. The minimum atomic E-state index is -5.08. The Hall–Kier alpha value is -5.34. The molecule has 0 aliphatic rings. The third-order valence-corrected chi connectivity index (χ3v) is 6.92. The summed E-state index contributed by atoms with van der Waals surface area (Å²) in [6, 6.07) is 4.41. The predicted octanol–water partition coefficient (Wildman–Crippen LogP) is 5.96. The fourth-order valence-corrected chi connectivity index (χ4v) is 4.38. The lowest BCUT2D eigenvalue weighted by Gasteiger charge is -2.23. The summed E-state index contributed by atoms with van der Waals surface area (Å²) >= 11 is 6.65. The monoisotopic (exact) mass is 757 g/mol. The Bertz CT molecular complexity index is 1860. The highest BCUT2D eigenvalue weighted by atomic mass is 35.5. The summed E-state index contributed by atoms with van der Waals surface area (Å²) < 4.78 is 97.4. The SMILES string of the molecule is Cc1c(Cl)cc(C(C)n2nc(C)c3c(N)ncnc32)c(OCC(F)F)c1-c1ccc(C(=O)N(C)C)nc1.O=C(O)C(F)(F)F.O=C(O)C(F)(F)F. The van der Waals surface area contributed by atoms with Crippen LogP contribution in [-0.2, 0) is 9.59 Å². The largest absolute Gasteiger partial charge is 0.490 e. The molecule has 51 heavy (non-hydrogen) atoms. The molecule has 0 bridgehead atoms. The van der Waals surface area contributed by atoms with Crippen LogP contribution in [0.2, 0.25) is 5.02 Å². The second kappa shape index (κ2) is 16.6. The molecule has 1 atom stereocenters. The van der Waals surface area contributed by atoms with Crippen LogP contribution in [-0.4, -0.2) is 97.2 Å². The van der Waals surface area contributed by atoms with Crippen LogP contribution in [0.25, 0.3) is 22.2 Å². The van der Waals surface area contributed by atoms with Crippen LogP contribution in [0, 0.1) is 13.8 Å². The van der Waals surface area contributed by atoms with E-state index in [1.165, 1.54) is 17.4 Å². The Balaban J connectivity index is 0.000000543. The molecule has 1 amide bonds. The lowest BCUT2D eigenvalue weighted by atomic mass is 9.94. The molecule has 278 valence electrons. The van der Waals surface area contributed by atoms with Crippen molar-refractivity contribution in [3.63, 3.8) is 0 Å². The quantitative estimate of drug-likeness (QED) is 0.189. The van der Waals surface area contributed by atoms with Crippen molar-refractivity contribution in [1.82, 2.24) is 29.6 Å². The van der Waals surface area contributed by atoms with Crippen molar-refractivity contribution < 1.29 is 64.5 Å². The van der Waals surface area contributed by atoms with Gasteiger partial charge in [-0.05, 0) is 38.5 Å². The number of hydrogen-bond acceptors (Lipinski definition) is 9. The normalized spacial score (nSPS) is 12.0. The second-order valence-electron chi connectivity index (χ2n) is 10.4. The maximum atomic E-state index is 13.3. The number of fused-ring (bicyclic) bond motifs is 1. The number of benzene rings is 1. The molecular weight excluding hydrogens is 730 g/mol. The van der Waals surface area contributed by atoms with Gasteiger partial charge in [-0.25, -0.2) is 33.0 Å². The number of carbonyl (C=O) groups excluding carboxylic acids is 1. The molecule has 13 nitrogen and oxygen atoms in total. The van der Waals surface area contributed by atoms with Gasteiger partial charge < -0.3 is 25.6 Å². The Labute approximate surface area is 287 Å². The maximum Gasteiger partial charge on any atom is 0.490 e. The van der Waals surface area contributed by atoms with Crippen LogP contribution in [0.5, 0.6) is 5.75 Å². The number of rotatable bonds is 7. The van der Waals surface area contributed by atoms with Gasteiger partial charge in [0.1, 0.15) is 30.2 Å². The molecule has 0 saturated carbocycles. The minimum Gasteiger partial charge on any atom is -0.487 e. The van der Waals surface area contributed by atoms with E-state index in [0.29, 0.717) is 44.0 Å². The first-order valence-corrected chi connectivity index (χ1v) is 14.2. The van der Waals surface area contributed by atoms with Crippen LogP contribution in [0.3, 0.4) is 0 Å². The molecule has 4 aromatic rings. The molecule has 0 aliphatic heterocycles. The Morgan fingerprint density at radius 3 is 2.00 bits per heavy atom. The molecule has 1 aromatic carbocycles. The number of nitrogens with zero attached hydrogens (tertiary/aromatic N) is 6. The molecule has 3 aromatic heterocycles. The number of aromatic nitrogens is 5. The molecule has 0 radical (unpaired) electrons. The number of ether oxygens (including phenoxy) is 1. The molecule has 0 spiro atoms. The third-order valence-electron chi connectivity index (χ3n) is 6.53. The van der Waals surface area contributed by atoms with Crippen molar-refractivity contribution in [2.75, 3.05) is 26.4 Å². The molecule has 3 heterocycles. The Kier molecular flexibility index (Phi) is 13.6. The van der Waals surface area contributed by atoms with E-state index in [9.17, 15) is 39.9 Å². The number of pyridine rings is 1. The van der Waals surface area contributed by atoms with Gasteiger partial charge in [-0.15, -0.1) is 0 Å². The number of carbonyl (C=O) groups is 3.